The zero-order valence-electron chi connectivity index (χ0n) is 11.9. The van der Waals surface area contributed by atoms with Crippen LogP contribution in [0, 0.1) is 5.92 Å². The maximum atomic E-state index is 6.02. The third kappa shape index (κ3) is 3.36. The third-order valence-electron chi connectivity index (χ3n) is 4.42. The molecule has 0 atom stereocenters. The Labute approximate surface area is 126 Å². The summed E-state index contributed by atoms with van der Waals surface area (Å²) in [6.45, 7) is 3.26. The highest BCUT2D eigenvalue weighted by Crippen LogP contribution is 2.23. The molecule has 0 bridgehead atoms. The Morgan fingerprint density at radius 1 is 1.15 bits per heavy atom. The second kappa shape index (κ2) is 6.64. The molecule has 0 amide bonds. The lowest BCUT2D eigenvalue weighted by molar-refractivity contribution is 0.341. The van der Waals surface area contributed by atoms with Crippen molar-refractivity contribution >= 4 is 22.5 Å². The van der Waals surface area contributed by atoms with Crippen LogP contribution in [0.3, 0.4) is 0 Å². The fourth-order valence-corrected chi connectivity index (χ4v) is 3.44. The molecule has 3 rings (SSSR count). The molecule has 2 aromatic rings. The Bertz CT molecular complexity index is 555. The third-order valence-corrected chi connectivity index (χ3v) is 4.66. The van der Waals surface area contributed by atoms with E-state index in [2.05, 4.69) is 28.2 Å². The van der Waals surface area contributed by atoms with Gasteiger partial charge in [0, 0.05) is 35.2 Å². The van der Waals surface area contributed by atoms with Gasteiger partial charge in [-0.2, -0.15) is 0 Å². The minimum atomic E-state index is 0.811. The van der Waals surface area contributed by atoms with Crippen molar-refractivity contribution in [2.45, 2.75) is 38.6 Å². The van der Waals surface area contributed by atoms with Crippen molar-refractivity contribution in [2.75, 3.05) is 13.1 Å². The van der Waals surface area contributed by atoms with E-state index in [0.29, 0.717) is 0 Å². The monoisotopic (exact) mass is 290 g/mol. The molecule has 3 heteroatoms. The highest BCUT2D eigenvalue weighted by atomic mass is 35.5. The van der Waals surface area contributed by atoms with E-state index >= 15 is 0 Å². The summed E-state index contributed by atoms with van der Waals surface area (Å²) in [6.07, 6.45) is 9.28. The van der Waals surface area contributed by atoms with E-state index in [1.54, 1.807) is 0 Å². The smallest absolute Gasteiger partial charge is 0.0481 e. The molecule has 1 aromatic carbocycles. The number of fused-ring (bicyclic) bond motifs is 1. The zero-order valence-corrected chi connectivity index (χ0v) is 12.7. The van der Waals surface area contributed by atoms with Gasteiger partial charge in [0.05, 0.1) is 0 Å². The molecular formula is C17H23ClN2. The van der Waals surface area contributed by atoms with Crippen LogP contribution in [0.5, 0.6) is 0 Å². The number of benzene rings is 1. The van der Waals surface area contributed by atoms with Gasteiger partial charge in [0.15, 0.2) is 0 Å². The van der Waals surface area contributed by atoms with Crippen LogP contribution in [0.15, 0.2) is 30.5 Å². The number of nitrogens with zero attached hydrogens (tertiary/aromatic N) is 1. The molecule has 1 saturated carbocycles. The molecule has 108 valence electrons. The van der Waals surface area contributed by atoms with Gasteiger partial charge in [-0.3, -0.25) is 0 Å². The first-order chi connectivity index (χ1) is 9.83. The van der Waals surface area contributed by atoms with Crippen LogP contribution in [0.2, 0.25) is 5.02 Å². The Morgan fingerprint density at radius 3 is 2.85 bits per heavy atom. The summed E-state index contributed by atoms with van der Waals surface area (Å²) in [5.74, 6) is 0.906. The van der Waals surface area contributed by atoms with E-state index < -0.39 is 0 Å². The normalized spacial score (nSPS) is 16.9. The first-order valence-electron chi connectivity index (χ1n) is 7.78. The van der Waals surface area contributed by atoms with Crippen molar-refractivity contribution in [3.63, 3.8) is 0 Å². The average molecular weight is 291 g/mol. The van der Waals surface area contributed by atoms with Gasteiger partial charge in [0.1, 0.15) is 0 Å². The highest BCUT2D eigenvalue weighted by Gasteiger charge is 2.12. The number of halogens is 1. The van der Waals surface area contributed by atoms with Gasteiger partial charge in [0.2, 0.25) is 0 Å². The Morgan fingerprint density at radius 2 is 2.00 bits per heavy atom. The van der Waals surface area contributed by atoms with Crippen LogP contribution in [0.1, 0.15) is 32.1 Å². The Kier molecular flexibility index (Phi) is 4.64. The molecule has 1 aromatic heterocycles. The highest BCUT2D eigenvalue weighted by molar-refractivity contribution is 6.31. The first-order valence-corrected chi connectivity index (χ1v) is 8.16. The summed E-state index contributed by atoms with van der Waals surface area (Å²) in [6, 6.07) is 8.25. The standard InChI is InChI=1S/C17H23ClN2/c18-16-6-7-17-15(12-16)8-10-20(17)11-9-19-13-14-4-2-1-3-5-14/h6-8,10,12,14,19H,1-5,9,11,13H2. The molecule has 20 heavy (non-hydrogen) atoms. The van der Waals surface area contributed by atoms with Crippen LogP contribution in [0.4, 0.5) is 0 Å². The summed E-state index contributed by atoms with van der Waals surface area (Å²) in [7, 11) is 0. The Balaban J connectivity index is 1.49. The summed E-state index contributed by atoms with van der Waals surface area (Å²) >= 11 is 6.02. The van der Waals surface area contributed by atoms with E-state index in [1.807, 2.05) is 12.1 Å². The van der Waals surface area contributed by atoms with Crippen LogP contribution >= 0.6 is 11.6 Å². The molecule has 1 fully saturated rings. The molecule has 1 heterocycles. The lowest BCUT2D eigenvalue weighted by Gasteiger charge is -2.21. The van der Waals surface area contributed by atoms with Crippen LogP contribution in [-0.2, 0) is 6.54 Å². The predicted octanol–water partition coefficient (Wildman–Crippen LogP) is 4.46. The fraction of sp³-hybridized carbons (Fsp3) is 0.529. The molecule has 0 radical (unpaired) electrons. The van der Waals surface area contributed by atoms with Gasteiger partial charge < -0.3 is 9.88 Å². The van der Waals surface area contributed by atoms with Gasteiger partial charge in [-0.05, 0) is 49.6 Å². The van der Waals surface area contributed by atoms with Gasteiger partial charge in [-0.15, -0.1) is 0 Å². The Hall–Kier alpha value is -0.990. The van der Waals surface area contributed by atoms with E-state index in [9.17, 15) is 0 Å². The van der Waals surface area contributed by atoms with Crippen molar-refractivity contribution in [1.82, 2.24) is 9.88 Å². The van der Waals surface area contributed by atoms with E-state index in [1.165, 1.54) is 49.6 Å². The SMILES string of the molecule is Clc1ccc2c(ccn2CCNCC2CCCCC2)c1. The largest absolute Gasteiger partial charge is 0.346 e. The topological polar surface area (TPSA) is 17.0 Å². The maximum absolute atomic E-state index is 6.02. The maximum Gasteiger partial charge on any atom is 0.0481 e. The molecular weight excluding hydrogens is 268 g/mol. The number of rotatable bonds is 5. The molecule has 0 unspecified atom stereocenters. The van der Waals surface area contributed by atoms with Crippen LogP contribution in [0.25, 0.3) is 10.9 Å². The zero-order chi connectivity index (χ0) is 13.8. The summed E-state index contributed by atoms with van der Waals surface area (Å²) in [5, 5.41) is 5.66. The van der Waals surface area contributed by atoms with Gasteiger partial charge in [-0.1, -0.05) is 30.9 Å². The summed E-state index contributed by atoms with van der Waals surface area (Å²) in [5.41, 5.74) is 1.27. The van der Waals surface area contributed by atoms with Crippen molar-refractivity contribution in [3.8, 4) is 0 Å². The molecule has 0 spiro atoms. The minimum absolute atomic E-state index is 0.811. The lowest BCUT2D eigenvalue weighted by Crippen LogP contribution is -2.27. The number of nitrogens with one attached hydrogen (secondary N) is 1. The van der Waals surface area contributed by atoms with Gasteiger partial charge in [-0.25, -0.2) is 0 Å². The van der Waals surface area contributed by atoms with E-state index in [-0.39, 0.29) is 0 Å². The van der Waals surface area contributed by atoms with Crippen LogP contribution < -0.4 is 5.32 Å². The van der Waals surface area contributed by atoms with Gasteiger partial charge in [0.25, 0.3) is 0 Å². The molecule has 2 nitrogen and oxygen atoms in total. The van der Waals surface area contributed by atoms with Crippen molar-refractivity contribution in [3.05, 3.63) is 35.5 Å². The van der Waals surface area contributed by atoms with E-state index in [0.717, 1.165) is 24.0 Å². The lowest BCUT2D eigenvalue weighted by atomic mass is 9.89. The van der Waals surface area contributed by atoms with Gasteiger partial charge >= 0.3 is 0 Å². The van der Waals surface area contributed by atoms with Crippen molar-refractivity contribution in [1.29, 1.82) is 0 Å². The average Bonchev–Trinajstić information content (AvgIpc) is 2.87. The van der Waals surface area contributed by atoms with E-state index in [4.69, 9.17) is 11.6 Å². The van der Waals surface area contributed by atoms with Crippen molar-refractivity contribution in [2.24, 2.45) is 5.92 Å². The molecule has 0 saturated heterocycles. The number of hydrogen-bond donors (Lipinski definition) is 1. The molecule has 0 aliphatic heterocycles. The molecule has 1 N–H and O–H groups in total. The molecule has 1 aliphatic carbocycles. The molecule has 1 aliphatic rings. The first kappa shape index (κ1) is 14.0. The van der Waals surface area contributed by atoms with Crippen LogP contribution in [-0.4, -0.2) is 17.7 Å². The summed E-state index contributed by atoms with van der Waals surface area (Å²) < 4.78 is 2.31. The minimum Gasteiger partial charge on any atom is -0.346 e. The second-order valence-corrected chi connectivity index (χ2v) is 6.36. The quantitative estimate of drug-likeness (QED) is 0.804. The second-order valence-electron chi connectivity index (χ2n) is 5.92. The summed E-state index contributed by atoms with van der Waals surface area (Å²) in [4.78, 5) is 0. The fourth-order valence-electron chi connectivity index (χ4n) is 3.26. The van der Waals surface area contributed by atoms with Crippen molar-refractivity contribution < 1.29 is 0 Å². The number of hydrogen-bond acceptors (Lipinski definition) is 1. The predicted molar refractivity (Wildman–Crippen MR) is 86.4 cm³/mol. The number of aromatic nitrogens is 1.